The van der Waals surface area contributed by atoms with Crippen LogP contribution in [0.1, 0.15) is 24.2 Å². The van der Waals surface area contributed by atoms with E-state index in [1.165, 1.54) is 0 Å². The van der Waals surface area contributed by atoms with E-state index in [4.69, 9.17) is 4.74 Å². The smallest absolute Gasteiger partial charge is 0.254 e. The van der Waals surface area contributed by atoms with E-state index in [1.54, 1.807) is 47.4 Å². The monoisotopic (exact) mass is 424 g/mol. The first-order valence-corrected chi connectivity index (χ1v) is 10.3. The maximum absolute atomic E-state index is 12.6. The molecule has 3 amide bonds. The van der Waals surface area contributed by atoms with Gasteiger partial charge in [0.05, 0.1) is 19.8 Å². The fourth-order valence-electron chi connectivity index (χ4n) is 3.02. The second-order valence-corrected chi connectivity index (χ2v) is 7.61. The van der Waals surface area contributed by atoms with Gasteiger partial charge in [-0.15, -0.1) is 0 Å². The van der Waals surface area contributed by atoms with E-state index in [0.717, 1.165) is 0 Å². The number of hydrogen-bond donors (Lipinski definition) is 3. The topological polar surface area (TPSA) is 99.8 Å². The lowest BCUT2D eigenvalue weighted by Gasteiger charge is -2.27. The minimum atomic E-state index is -0.219. The van der Waals surface area contributed by atoms with Crippen LogP contribution >= 0.6 is 0 Å². The number of carbonyl (C=O) groups is 3. The molecule has 0 spiro atoms. The van der Waals surface area contributed by atoms with Gasteiger partial charge in [-0.3, -0.25) is 14.4 Å². The van der Waals surface area contributed by atoms with E-state index in [0.29, 0.717) is 48.9 Å². The second kappa shape index (κ2) is 10.6. The summed E-state index contributed by atoms with van der Waals surface area (Å²) in [6, 6.07) is 14.1. The first kappa shape index (κ1) is 22.3. The molecule has 0 aliphatic carbocycles. The van der Waals surface area contributed by atoms with Crippen LogP contribution in [-0.2, 0) is 14.3 Å². The average Bonchev–Trinajstić information content (AvgIpc) is 2.79. The number of hydrogen-bond acceptors (Lipinski definition) is 5. The minimum absolute atomic E-state index is 0.0407. The van der Waals surface area contributed by atoms with Crippen LogP contribution in [0.3, 0.4) is 0 Å². The largest absolute Gasteiger partial charge is 0.378 e. The van der Waals surface area contributed by atoms with Crippen LogP contribution in [0.2, 0.25) is 0 Å². The predicted octanol–water partition coefficient (Wildman–Crippen LogP) is 2.80. The summed E-state index contributed by atoms with van der Waals surface area (Å²) in [5, 5.41) is 8.65. The molecule has 0 aromatic heterocycles. The molecule has 8 heteroatoms. The summed E-state index contributed by atoms with van der Waals surface area (Å²) in [4.78, 5) is 38.4. The number of nitrogens with one attached hydrogen (secondary N) is 3. The lowest BCUT2D eigenvalue weighted by molar-refractivity contribution is -0.119. The Morgan fingerprint density at radius 3 is 2.23 bits per heavy atom. The molecule has 0 atom stereocenters. The molecule has 0 saturated carbocycles. The zero-order valence-electron chi connectivity index (χ0n) is 17.8. The molecule has 2 aromatic carbocycles. The van der Waals surface area contributed by atoms with Crippen molar-refractivity contribution < 1.29 is 19.1 Å². The highest BCUT2D eigenvalue weighted by atomic mass is 16.5. The Morgan fingerprint density at radius 1 is 0.935 bits per heavy atom. The molecule has 1 saturated heterocycles. The summed E-state index contributed by atoms with van der Waals surface area (Å²) < 4.78 is 5.29. The number of morpholine rings is 1. The second-order valence-electron chi connectivity index (χ2n) is 7.61. The molecular formula is C23H28N4O4. The first-order chi connectivity index (χ1) is 14.9. The Bertz CT molecular complexity index is 921. The molecule has 31 heavy (non-hydrogen) atoms. The van der Waals surface area contributed by atoms with E-state index in [9.17, 15) is 14.4 Å². The average molecular weight is 425 g/mol. The number of ether oxygens (including phenoxy) is 1. The van der Waals surface area contributed by atoms with Crippen molar-refractivity contribution in [3.63, 3.8) is 0 Å². The summed E-state index contributed by atoms with van der Waals surface area (Å²) in [6.45, 7) is 5.97. The maximum atomic E-state index is 12.6. The van der Waals surface area contributed by atoms with Crippen molar-refractivity contribution in [2.45, 2.75) is 13.8 Å². The van der Waals surface area contributed by atoms with Gasteiger partial charge in [-0.2, -0.15) is 0 Å². The van der Waals surface area contributed by atoms with E-state index < -0.39 is 0 Å². The van der Waals surface area contributed by atoms with Gasteiger partial charge in [0.2, 0.25) is 11.8 Å². The van der Waals surface area contributed by atoms with Crippen molar-refractivity contribution in [2.24, 2.45) is 5.92 Å². The maximum Gasteiger partial charge on any atom is 0.254 e. The molecule has 164 valence electrons. The lowest BCUT2D eigenvalue weighted by Crippen LogP contribution is -2.40. The van der Waals surface area contributed by atoms with Crippen molar-refractivity contribution in [3.8, 4) is 0 Å². The fraction of sp³-hybridized carbons (Fsp3) is 0.348. The molecule has 8 nitrogen and oxygen atoms in total. The van der Waals surface area contributed by atoms with Gasteiger partial charge in [0.25, 0.3) is 5.91 Å². The van der Waals surface area contributed by atoms with E-state index in [2.05, 4.69) is 16.0 Å². The molecule has 1 heterocycles. The van der Waals surface area contributed by atoms with Gasteiger partial charge in [0.15, 0.2) is 0 Å². The summed E-state index contributed by atoms with van der Waals surface area (Å²) >= 11 is 0. The van der Waals surface area contributed by atoms with Gasteiger partial charge in [0.1, 0.15) is 0 Å². The summed E-state index contributed by atoms with van der Waals surface area (Å²) in [5.41, 5.74) is 2.58. The lowest BCUT2D eigenvalue weighted by atomic mass is 10.1. The van der Waals surface area contributed by atoms with Crippen LogP contribution in [0, 0.1) is 5.92 Å². The Morgan fingerprint density at radius 2 is 1.58 bits per heavy atom. The molecule has 1 aliphatic heterocycles. The SMILES string of the molecule is CC(C)C(=O)Nc1ccc(NC(=O)CNc2cccc(C(=O)N3CCOCC3)c2)cc1. The van der Waals surface area contributed by atoms with Crippen LogP contribution in [0.4, 0.5) is 17.1 Å². The standard InChI is InChI=1S/C23H28N4O4/c1-16(2)22(29)26-19-8-6-18(7-9-19)25-21(28)15-24-20-5-3-4-17(14-20)23(30)27-10-12-31-13-11-27/h3-9,14,16,24H,10-13,15H2,1-2H3,(H,25,28)(H,26,29). The van der Waals surface area contributed by atoms with Crippen LogP contribution in [0.25, 0.3) is 0 Å². The predicted molar refractivity (Wildman–Crippen MR) is 120 cm³/mol. The Balaban J connectivity index is 1.50. The van der Waals surface area contributed by atoms with Crippen LogP contribution in [0.15, 0.2) is 48.5 Å². The Hall–Kier alpha value is -3.39. The third-order valence-corrected chi connectivity index (χ3v) is 4.82. The summed E-state index contributed by atoms with van der Waals surface area (Å²) in [6.07, 6.45) is 0. The minimum Gasteiger partial charge on any atom is -0.378 e. The first-order valence-electron chi connectivity index (χ1n) is 10.3. The van der Waals surface area contributed by atoms with Crippen LogP contribution < -0.4 is 16.0 Å². The van der Waals surface area contributed by atoms with Gasteiger partial charge in [-0.05, 0) is 42.5 Å². The summed E-state index contributed by atoms with van der Waals surface area (Å²) in [7, 11) is 0. The van der Waals surface area contributed by atoms with Gasteiger partial charge in [-0.25, -0.2) is 0 Å². The van der Waals surface area contributed by atoms with Gasteiger partial charge in [0, 0.05) is 41.6 Å². The van der Waals surface area contributed by atoms with E-state index in [1.807, 2.05) is 19.9 Å². The Labute approximate surface area is 182 Å². The van der Waals surface area contributed by atoms with Gasteiger partial charge < -0.3 is 25.6 Å². The highest BCUT2D eigenvalue weighted by Crippen LogP contribution is 2.16. The zero-order chi connectivity index (χ0) is 22.2. The molecular weight excluding hydrogens is 396 g/mol. The van der Waals surface area contributed by atoms with Gasteiger partial charge >= 0.3 is 0 Å². The van der Waals surface area contributed by atoms with Crippen molar-refractivity contribution in [1.82, 2.24) is 4.90 Å². The molecule has 0 bridgehead atoms. The highest BCUT2D eigenvalue weighted by Gasteiger charge is 2.18. The highest BCUT2D eigenvalue weighted by molar-refractivity contribution is 5.97. The number of carbonyl (C=O) groups excluding carboxylic acids is 3. The Kier molecular flexibility index (Phi) is 7.61. The quantitative estimate of drug-likeness (QED) is 0.635. The number of benzene rings is 2. The van der Waals surface area contributed by atoms with Crippen molar-refractivity contribution in [2.75, 3.05) is 48.8 Å². The molecule has 3 N–H and O–H groups in total. The number of anilines is 3. The van der Waals surface area contributed by atoms with E-state index in [-0.39, 0.29) is 30.2 Å². The van der Waals surface area contributed by atoms with Gasteiger partial charge in [-0.1, -0.05) is 19.9 Å². The molecule has 1 aliphatic rings. The number of rotatable bonds is 7. The molecule has 1 fully saturated rings. The molecule has 2 aromatic rings. The normalized spacial score (nSPS) is 13.6. The van der Waals surface area contributed by atoms with Crippen LogP contribution in [-0.4, -0.2) is 55.5 Å². The third kappa shape index (κ3) is 6.55. The number of nitrogens with zero attached hydrogens (tertiary/aromatic N) is 1. The van der Waals surface area contributed by atoms with Crippen molar-refractivity contribution in [3.05, 3.63) is 54.1 Å². The fourth-order valence-corrected chi connectivity index (χ4v) is 3.02. The van der Waals surface area contributed by atoms with Crippen molar-refractivity contribution >= 4 is 34.8 Å². The molecule has 0 radical (unpaired) electrons. The van der Waals surface area contributed by atoms with E-state index >= 15 is 0 Å². The molecule has 3 rings (SSSR count). The zero-order valence-corrected chi connectivity index (χ0v) is 17.8. The van der Waals surface area contributed by atoms with Crippen LogP contribution in [0.5, 0.6) is 0 Å². The summed E-state index contributed by atoms with van der Waals surface area (Å²) in [5.74, 6) is -0.423. The van der Waals surface area contributed by atoms with Crippen molar-refractivity contribution in [1.29, 1.82) is 0 Å². The molecule has 0 unspecified atom stereocenters. The number of amides is 3. The third-order valence-electron chi connectivity index (χ3n) is 4.82.